The Morgan fingerprint density at radius 2 is 1.52 bits per heavy atom. The monoisotopic (exact) mass is 351 g/mol. The molecule has 0 aliphatic heterocycles. The van der Waals surface area contributed by atoms with Crippen LogP contribution in [0.4, 0.5) is 5.69 Å². The third-order valence-corrected chi connectivity index (χ3v) is 3.60. The zero-order valence-corrected chi connectivity index (χ0v) is 14.6. The fourth-order valence-electron chi connectivity index (χ4n) is 2.35. The molecule has 0 unspecified atom stereocenters. The van der Waals surface area contributed by atoms with Crippen LogP contribution in [-0.2, 0) is 14.3 Å². The molecule has 0 aliphatic carbocycles. The van der Waals surface area contributed by atoms with E-state index in [-0.39, 0.29) is 23.8 Å². The lowest BCUT2D eigenvalue weighted by Crippen LogP contribution is -2.08. The predicted molar refractivity (Wildman–Crippen MR) is 92.3 cm³/mol. The Morgan fingerprint density at radius 3 is 2.12 bits per heavy atom. The highest BCUT2D eigenvalue weighted by Crippen LogP contribution is 2.26. The van der Waals surface area contributed by atoms with Gasteiger partial charge in [0.15, 0.2) is 0 Å². The van der Waals surface area contributed by atoms with E-state index in [1.165, 1.54) is 18.2 Å². The van der Waals surface area contributed by atoms with E-state index in [0.717, 1.165) is 32.1 Å². The summed E-state index contributed by atoms with van der Waals surface area (Å²) in [6, 6.07) is 5.84. The van der Waals surface area contributed by atoms with E-state index >= 15 is 0 Å². The van der Waals surface area contributed by atoms with Gasteiger partial charge in [-0.25, -0.2) is 0 Å². The molecule has 0 atom stereocenters. The van der Waals surface area contributed by atoms with Crippen molar-refractivity contribution in [2.75, 3.05) is 6.61 Å². The molecule has 0 amide bonds. The maximum Gasteiger partial charge on any atom is 0.311 e. The van der Waals surface area contributed by atoms with Gasteiger partial charge in [0, 0.05) is 18.9 Å². The van der Waals surface area contributed by atoms with Crippen molar-refractivity contribution in [2.45, 2.75) is 58.3 Å². The molecule has 138 valence electrons. The molecule has 1 rings (SSSR count). The van der Waals surface area contributed by atoms with E-state index in [1.54, 1.807) is 13.0 Å². The molecular formula is C18H25NO6. The summed E-state index contributed by atoms with van der Waals surface area (Å²) in [4.78, 5) is 33.2. The second-order valence-electron chi connectivity index (χ2n) is 5.63. The lowest BCUT2D eigenvalue weighted by Gasteiger charge is -2.05. The minimum Gasteiger partial charge on any atom is -0.466 e. The number of nitro groups is 1. The molecule has 7 heteroatoms. The molecule has 0 radical (unpaired) electrons. The van der Waals surface area contributed by atoms with Crippen molar-refractivity contribution in [1.29, 1.82) is 0 Å². The Hall–Kier alpha value is -2.44. The molecule has 0 saturated heterocycles. The highest BCUT2D eigenvalue weighted by molar-refractivity contribution is 5.73. The number of rotatable bonds is 12. The number of hydrogen-bond donors (Lipinski definition) is 0. The quantitative estimate of drug-likeness (QED) is 0.184. The number of ether oxygens (including phenoxy) is 2. The molecule has 1 aromatic rings. The van der Waals surface area contributed by atoms with Crippen LogP contribution in [0.1, 0.15) is 58.3 Å². The zero-order chi connectivity index (χ0) is 18.5. The summed E-state index contributed by atoms with van der Waals surface area (Å²) in [6.45, 7) is 2.21. The normalized spacial score (nSPS) is 10.3. The first-order valence-corrected chi connectivity index (χ1v) is 8.64. The summed E-state index contributed by atoms with van der Waals surface area (Å²) in [7, 11) is 0. The highest BCUT2D eigenvalue weighted by atomic mass is 16.6. The van der Waals surface area contributed by atoms with Crippen molar-refractivity contribution in [2.24, 2.45) is 0 Å². The van der Waals surface area contributed by atoms with Crippen LogP contribution < -0.4 is 4.74 Å². The maximum absolute atomic E-state index is 11.8. The lowest BCUT2D eigenvalue weighted by molar-refractivity contribution is -0.385. The second kappa shape index (κ2) is 12.0. The minimum absolute atomic E-state index is 0.0172. The van der Waals surface area contributed by atoms with E-state index in [9.17, 15) is 19.7 Å². The molecule has 0 fully saturated rings. The largest absolute Gasteiger partial charge is 0.466 e. The number of hydrogen-bond acceptors (Lipinski definition) is 6. The summed E-state index contributed by atoms with van der Waals surface area (Å²) in [5, 5.41) is 10.9. The number of benzene rings is 1. The summed E-state index contributed by atoms with van der Waals surface area (Å²) in [5.41, 5.74) is -0.211. The van der Waals surface area contributed by atoms with Gasteiger partial charge in [-0.15, -0.1) is 0 Å². The van der Waals surface area contributed by atoms with E-state index in [0.29, 0.717) is 19.4 Å². The maximum atomic E-state index is 11.8. The molecule has 0 aromatic heterocycles. The SMILES string of the molecule is CCOC(=O)CCCCCCCCC(=O)Oc1ccccc1[N+](=O)[O-]. The van der Waals surface area contributed by atoms with Crippen LogP contribution in [0.2, 0.25) is 0 Å². The van der Waals surface area contributed by atoms with Gasteiger partial charge in [0.25, 0.3) is 0 Å². The second-order valence-corrected chi connectivity index (χ2v) is 5.63. The Labute approximate surface area is 147 Å². The van der Waals surface area contributed by atoms with Gasteiger partial charge in [-0.3, -0.25) is 19.7 Å². The van der Waals surface area contributed by atoms with Crippen LogP contribution in [0.15, 0.2) is 24.3 Å². The number of para-hydroxylation sites is 2. The van der Waals surface area contributed by atoms with Crippen LogP contribution in [-0.4, -0.2) is 23.5 Å². The van der Waals surface area contributed by atoms with Crippen LogP contribution in [0.5, 0.6) is 5.75 Å². The Morgan fingerprint density at radius 1 is 0.960 bits per heavy atom. The van der Waals surface area contributed by atoms with Crippen molar-refractivity contribution in [3.63, 3.8) is 0 Å². The molecular weight excluding hydrogens is 326 g/mol. The first kappa shape index (κ1) is 20.6. The standard InChI is InChI=1S/C18H25NO6/c1-2-24-17(20)13-7-5-3-4-6-8-14-18(21)25-16-12-10-9-11-15(16)19(22)23/h9-12H,2-8,13-14H2,1H3. The average molecular weight is 351 g/mol. The van der Waals surface area contributed by atoms with Crippen molar-refractivity contribution in [3.8, 4) is 5.75 Å². The van der Waals surface area contributed by atoms with Crippen LogP contribution >= 0.6 is 0 Å². The summed E-state index contributed by atoms with van der Waals surface area (Å²) in [5.74, 6) is -0.631. The number of carbonyl (C=O) groups is 2. The smallest absolute Gasteiger partial charge is 0.311 e. The van der Waals surface area contributed by atoms with Gasteiger partial charge in [0.05, 0.1) is 11.5 Å². The molecule has 0 N–H and O–H groups in total. The van der Waals surface area contributed by atoms with Gasteiger partial charge in [-0.05, 0) is 25.8 Å². The molecule has 7 nitrogen and oxygen atoms in total. The van der Waals surface area contributed by atoms with Gasteiger partial charge in [0.2, 0.25) is 5.75 Å². The van der Waals surface area contributed by atoms with Gasteiger partial charge in [-0.1, -0.05) is 37.8 Å². The van der Waals surface area contributed by atoms with E-state index in [4.69, 9.17) is 9.47 Å². The first-order valence-electron chi connectivity index (χ1n) is 8.64. The third-order valence-electron chi connectivity index (χ3n) is 3.60. The molecule has 25 heavy (non-hydrogen) atoms. The average Bonchev–Trinajstić information content (AvgIpc) is 2.57. The minimum atomic E-state index is -0.571. The summed E-state index contributed by atoms with van der Waals surface area (Å²) in [6.07, 6.45) is 5.99. The molecule has 0 bridgehead atoms. The summed E-state index contributed by atoms with van der Waals surface area (Å²) >= 11 is 0. The predicted octanol–water partition coefficient (Wildman–Crippen LogP) is 4.18. The number of nitrogens with zero attached hydrogens (tertiary/aromatic N) is 1. The van der Waals surface area contributed by atoms with Gasteiger partial charge < -0.3 is 9.47 Å². The topological polar surface area (TPSA) is 95.7 Å². The lowest BCUT2D eigenvalue weighted by atomic mass is 10.1. The van der Waals surface area contributed by atoms with E-state index in [1.807, 2.05) is 0 Å². The fraction of sp³-hybridized carbons (Fsp3) is 0.556. The Bertz CT molecular complexity index is 572. The highest BCUT2D eigenvalue weighted by Gasteiger charge is 2.16. The Kier molecular flexibility index (Phi) is 9.89. The van der Waals surface area contributed by atoms with Crippen LogP contribution in [0.25, 0.3) is 0 Å². The summed E-state index contributed by atoms with van der Waals surface area (Å²) < 4.78 is 9.92. The van der Waals surface area contributed by atoms with Crippen molar-refractivity contribution in [3.05, 3.63) is 34.4 Å². The van der Waals surface area contributed by atoms with E-state index < -0.39 is 10.9 Å². The zero-order valence-electron chi connectivity index (χ0n) is 14.6. The first-order chi connectivity index (χ1) is 12.0. The third kappa shape index (κ3) is 8.83. The van der Waals surface area contributed by atoms with Crippen LogP contribution in [0.3, 0.4) is 0 Å². The molecule has 0 aliphatic rings. The van der Waals surface area contributed by atoms with Crippen molar-refractivity contribution in [1.82, 2.24) is 0 Å². The molecule has 1 aromatic carbocycles. The number of nitro benzene ring substituents is 1. The van der Waals surface area contributed by atoms with Gasteiger partial charge in [0.1, 0.15) is 0 Å². The van der Waals surface area contributed by atoms with Crippen molar-refractivity contribution >= 4 is 17.6 Å². The number of esters is 2. The number of carbonyl (C=O) groups excluding carboxylic acids is 2. The Balaban J connectivity index is 2.12. The fourth-order valence-corrected chi connectivity index (χ4v) is 2.35. The van der Waals surface area contributed by atoms with Crippen LogP contribution in [0, 0.1) is 10.1 Å². The molecule has 0 heterocycles. The van der Waals surface area contributed by atoms with Crippen molar-refractivity contribution < 1.29 is 24.0 Å². The molecule has 0 spiro atoms. The van der Waals surface area contributed by atoms with Gasteiger partial charge >= 0.3 is 17.6 Å². The van der Waals surface area contributed by atoms with E-state index in [2.05, 4.69) is 0 Å². The van der Waals surface area contributed by atoms with Gasteiger partial charge in [-0.2, -0.15) is 0 Å². The molecule has 0 saturated carbocycles. The number of unbranched alkanes of at least 4 members (excludes halogenated alkanes) is 5.